The molecule has 3 rings (SSSR count). The Morgan fingerprint density at radius 3 is 2.86 bits per heavy atom. The predicted octanol–water partition coefficient (Wildman–Crippen LogP) is 2.29. The van der Waals surface area contributed by atoms with Gasteiger partial charge < -0.3 is 5.11 Å². The summed E-state index contributed by atoms with van der Waals surface area (Å²) >= 11 is -0.909. The largest absolute Gasteiger partial charge is 0.493 e. The van der Waals surface area contributed by atoms with E-state index in [2.05, 4.69) is 16.8 Å². The van der Waals surface area contributed by atoms with Crippen molar-refractivity contribution in [3.63, 3.8) is 0 Å². The van der Waals surface area contributed by atoms with Crippen molar-refractivity contribution < 1.29 is 18.3 Å². The van der Waals surface area contributed by atoms with Crippen molar-refractivity contribution in [2.75, 3.05) is 3.53 Å². The summed E-state index contributed by atoms with van der Waals surface area (Å²) in [6.45, 7) is 0. The first kappa shape index (κ1) is 13.9. The Hall–Kier alpha value is -2.05. The molecule has 0 radical (unpaired) electrons. The topological polar surface area (TPSA) is 92.4 Å². The third-order valence-electron chi connectivity index (χ3n) is 2.63. The molecule has 0 amide bonds. The van der Waals surface area contributed by atoms with Gasteiger partial charge in [0.25, 0.3) is 5.56 Å². The van der Waals surface area contributed by atoms with Gasteiger partial charge in [-0.25, -0.2) is 0 Å². The Labute approximate surface area is 125 Å². The number of rotatable bonds is 1. The van der Waals surface area contributed by atoms with E-state index in [4.69, 9.17) is 0 Å². The summed E-state index contributed by atoms with van der Waals surface area (Å²) in [5.74, 6) is -0.803. The van der Waals surface area contributed by atoms with Crippen LogP contribution >= 0.6 is 21.3 Å². The minimum Gasteiger partial charge on any atom is -0.493 e. The molecule has 2 aromatic rings. The quantitative estimate of drug-likeness (QED) is 0.555. The lowest BCUT2D eigenvalue weighted by Gasteiger charge is -2.12. The highest BCUT2D eigenvalue weighted by molar-refractivity contribution is 14.2. The Bertz CT molecular complexity index is 817. The number of aromatic hydroxyl groups is 1. The SMILES string of the molecule is O=c1c(-c2ncccc2C(F)(F)F)c(O)nc2n1N=IN2. The molecule has 0 saturated carbocycles. The molecule has 2 N–H and O–H groups in total. The molecule has 0 saturated heterocycles. The standard InChI is InChI=1S/C10H5F3IN5O2/c11-10(12,13)4-2-1-3-15-6(4)5-7(20)16-9-17-14-18-19(9)8(5)21/h1-3,20H,(H,16,17,18). The van der Waals surface area contributed by atoms with Crippen molar-refractivity contribution in [1.29, 1.82) is 0 Å². The molecular weight excluding hydrogens is 406 g/mol. The van der Waals surface area contributed by atoms with Crippen molar-refractivity contribution in [1.82, 2.24) is 14.6 Å². The second-order valence-corrected chi connectivity index (χ2v) is 5.36. The summed E-state index contributed by atoms with van der Waals surface area (Å²) in [4.78, 5) is 19.4. The van der Waals surface area contributed by atoms with Crippen molar-refractivity contribution >= 4 is 27.3 Å². The van der Waals surface area contributed by atoms with E-state index >= 15 is 0 Å². The number of aromatic nitrogens is 3. The Morgan fingerprint density at radius 1 is 1.38 bits per heavy atom. The van der Waals surface area contributed by atoms with E-state index in [0.717, 1.165) is 23.0 Å². The van der Waals surface area contributed by atoms with Crippen LogP contribution in [0.4, 0.5) is 19.1 Å². The fraction of sp³-hybridized carbons (Fsp3) is 0.100. The lowest BCUT2D eigenvalue weighted by Crippen LogP contribution is -2.21. The molecule has 0 aromatic carbocycles. The molecule has 21 heavy (non-hydrogen) atoms. The van der Waals surface area contributed by atoms with E-state index < -0.39 is 55.7 Å². The third kappa shape index (κ3) is 2.26. The zero-order chi connectivity index (χ0) is 15.2. The molecule has 2 aromatic heterocycles. The van der Waals surface area contributed by atoms with E-state index in [1.165, 1.54) is 0 Å². The summed E-state index contributed by atoms with van der Waals surface area (Å²) in [6, 6.07) is 1.88. The van der Waals surface area contributed by atoms with Crippen LogP contribution in [0.3, 0.4) is 0 Å². The molecular formula is C10H5F3IN5O2. The van der Waals surface area contributed by atoms with Crippen LogP contribution < -0.4 is 9.09 Å². The van der Waals surface area contributed by atoms with Crippen LogP contribution in [-0.4, -0.2) is 19.8 Å². The van der Waals surface area contributed by atoms with Gasteiger partial charge in [-0.05, 0) is 12.1 Å². The van der Waals surface area contributed by atoms with Gasteiger partial charge >= 0.3 is 6.18 Å². The van der Waals surface area contributed by atoms with Crippen LogP contribution in [0.2, 0.25) is 0 Å². The van der Waals surface area contributed by atoms with Crippen LogP contribution in [0.25, 0.3) is 11.3 Å². The highest BCUT2D eigenvalue weighted by atomic mass is 127. The second-order valence-electron chi connectivity index (χ2n) is 3.90. The summed E-state index contributed by atoms with van der Waals surface area (Å²) in [5, 5.41) is 9.80. The van der Waals surface area contributed by atoms with Gasteiger partial charge in [-0.3, -0.25) is 13.3 Å². The maximum absolute atomic E-state index is 13.0. The number of fused-ring (bicyclic) bond motifs is 1. The van der Waals surface area contributed by atoms with Crippen LogP contribution in [0, 0.1) is 0 Å². The maximum atomic E-state index is 13.0. The van der Waals surface area contributed by atoms with Gasteiger partial charge in [0.1, 0.15) is 26.9 Å². The summed E-state index contributed by atoms with van der Waals surface area (Å²) in [7, 11) is 0. The van der Waals surface area contributed by atoms with Gasteiger partial charge in [-0.1, -0.05) is 0 Å². The third-order valence-corrected chi connectivity index (χ3v) is 4.00. The summed E-state index contributed by atoms with van der Waals surface area (Å²) in [5.41, 5.74) is -3.31. The highest BCUT2D eigenvalue weighted by Gasteiger charge is 2.36. The lowest BCUT2D eigenvalue weighted by atomic mass is 10.1. The average Bonchev–Trinajstić information content (AvgIpc) is 2.86. The van der Waals surface area contributed by atoms with Gasteiger partial charge in [-0.15, -0.1) is 3.25 Å². The Morgan fingerprint density at radius 2 is 2.14 bits per heavy atom. The highest BCUT2D eigenvalue weighted by Crippen LogP contribution is 2.37. The van der Waals surface area contributed by atoms with Crippen LogP contribution in [-0.2, 0) is 6.18 Å². The Balaban J connectivity index is 2.33. The van der Waals surface area contributed by atoms with Crippen molar-refractivity contribution in [3.8, 4) is 17.1 Å². The molecule has 0 bridgehead atoms. The van der Waals surface area contributed by atoms with Crippen LogP contribution in [0.15, 0.2) is 26.4 Å². The normalized spacial score (nSPS) is 13.5. The van der Waals surface area contributed by atoms with Gasteiger partial charge in [0.05, 0.1) is 11.3 Å². The van der Waals surface area contributed by atoms with Crippen molar-refractivity contribution in [3.05, 3.63) is 34.2 Å². The molecule has 1 aliphatic rings. The summed E-state index contributed by atoms with van der Waals surface area (Å²) < 4.78 is 46.4. The fourth-order valence-corrected chi connectivity index (χ4v) is 3.06. The molecule has 0 spiro atoms. The van der Waals surface area contributed by atoms with E-state index in [0.29, 0.717) is 0 Å². The molecule has 0 fully saturated rings. The van der Waals surface area contributed by atoms with Gasteiger partial charge in [-0.2, -0.15) is 22.8 Å². The van der Waals surface area contributed by atoms with E-state index in [1.807, 2.05) is 0 Å². The Kier molecular flexibility index (Phi) is 3.15. The molecule has 3 heterocycles. The maximum Gasteiger partial charge on any atom is 0.418 e. The number of hydrogen-bond acceptors (Lipinski definition) is 6. The number of hydrogen-bond donors (Lipinski definition) is 2. The molecule has 1 aliphatic heterocycles. The van der Waals surface area contributed by atoms with Crippen LogP contribution in [0.1, 0.15) is 5.56 Å². The van der Waals surface area contributed by atoms with Crippen molar-refractivity contribution in [2.24, 2.45) is 3.25 Å². The molecule has 0 unspecified atom stereocenters. The van der Waals surface area contributed by atoms with Crippen LogP contribution in [0.5, 0.6) is 5.88 Å². The summed E-state index contributed by atoms with van der Waals surface area (Å²) in [6.07, 6.45) is -3.61. The monoisotopic (exact) mass is 411 g/mol. The van der Waals surface area contributed by atoms with Gasteiger partial charge in [0, 0.05) is 6.20 Å². The molecule has 7 nitrogen and oxygen atoms in total. The first-order valence-electron chi connectivity index (χ1n) is 5.38. The number of halogens is 4. The molecule has 11 heteroatoms. The zero-order valence-corrected chi connectivity index (χ0v) is 12.0. The van der Waals surface area contributed by atoms with Gasteiger partial charge in [0.15, 0.2) is 0 Å². The molecule has 0 aliphatic carbocycles. The number of nitrogens with zero attached hydrogens (tertiary/aromatic N) is 4. The number of nitrogens with one attached hydrogen (secondary N) is 1. The minimum absolute atomic E-state index is 0.0125. The number of pyridine rings is 1. The fourth-order valence-electron chi connectivity index (χ4n) is 1.77. The zero-order valence-electron chi connectivity index (χ0n) is 9.89. The second kappa shape index (κ2) is 4.75. The van der Waals surface area contributed by atoms with E-state index in [1.54, 1.807) is 0 Å². The average molecular weight is 411 g/mol. The number of anilines is 1. The smallest absolute Gasteiger partial charge is 0.418 e. The first-order valence-corrected chi connectivity index (χ1v) is 7.43. The molecule has 110 valence electrons. The van der Waals surface area contributed by atoms with Crippen molar-refractivity contribution in [2.45, 2.75) is 6.18 Å². The van der Waals surface area contributed by atoms with E-state index in [9.17, 15) is 23.1 Å². The minimum atomic E-state index is -4.71. The molecule has 0 atom stereocenters. The lowest BCUT2D eigenvalue weighted by molar-refractivity contribution is -0.137. The van der Waals surface area contributed by atoms with Gasteiger partial charge in [0.2, 0.25) is 11.8 Å². The predicted molar refractivity (Wildman–Crippen MR) is 73.9 cm³/mol. The number of alkyl halides is 3. The van der Waals surface area contributed by atoms with E-state index in [-0.39, 0.29) is 5.95 Å². The first-order chi connectivity index (χ1) is 9.89.